The maximum Gasteiger partial charge on any atom is 0.248 e. The molecule has 0 saturated carbocycles. The number of hydrogen-bond donors (Lipinski definition) is 2. The van der Waals surface area contributed by atoms with Crippen LogP contribution in [0.2, 0.25) is 5.02 Å². The van der Waals surface area contributed by atoms with Crippen molar-refractivity contribution in [2.75, 3.05) is 25.6 Å². The smallest absolute Gasteiger partial charge is 0.248 e. The van der Waals surface area contributed by atoms with Crippen LogP contribution in [0.4, 0.5) is 10.3 Å². The zero-order valence-electron chi connectivity index (χ0n) is 11.8. The second kappa shape index (κ2) is 8.02. The van der Waals surface area contributed by atoms with Crippen LogP contribution in [0.25, 0.3) is 0 Å². The Morgan fingerprint density at radius 2 is 2.32 bits per heavy atom. The van der Waals surface area contributed by atoms with Crippen molar-refractivity contribution in [2.24, 2.45) is 0 Å². The molecule has 0 spiro atoms. The zero-order chi connectivity index (χ0) is 15.9. The first-order chi connectivity index (χ1) is 10.6. The number of aromatic nitrogens is 3. The molecule has 2 N–H and O–H groups in total. The summed E-state index contributed by atoms with van der Waals surface area (Å²) in [5.41, 5.74) is 0.750. The Balaban J connectivity index is 1.92. The molecule has 0 aliphatic rings. The number of ether oxygens (including phenoxy) is 1. The van der Waals surface area contributed by atoms with Gasteiger partial charge in [-0.3, -0.25) is 5.32 Å². The van der Waals surface area contributed by atoms with E-state index in [0.717, 1.165) is 5.56 Å². The summed E-state index contributed by atoms with van der Waals surface area (Å²) in [7, 11) is 1.61. The number of thiocarbonyl (C=S) groups is 1. The molecule has 0 bridgehead atoms. The number of halogens is 2. The monoisotopic (exact) mass is 343 g/mol. The van der Waals surface area contributed by atoms with Gasteiger partial charge < -0.3 is 10.1 Å². The van der Waals surface area contributed by atoms with E-state index in [1.807, 2.05) is 0 Å². The molecule has 2 aromatic rings. The topological polar surface area (TPSA) is 64.0 Å². The van der Waals surface area contributed by atoms with E-state index in [1.165, 1.54) is 12.1 Å². The lowest BCUT2D eigenvalue weighted by atomic mass is 10.2. The minimum absolute atomic E-state index is 0.349. The van der Waals surface area contributed by atoms with Crippen LogP contribution in [-0.2, 0) is 11.3 Å². The third-order valence-corrected chi connectivity index (χ3v) is 3.30. The maximum atomic E-state index is 13.0. The molecule has 0 amide bonds. The van der Waals surface area contributed by atoms with Gasteiger partial charge in [0.25, 0.3) is 0 Å². The fourth-order valence-corrected chi connectivity index (χ4v) is 2.09. The second-order valence-electron chi connectivity index (χ2n) is 4.38. The Kier molecular flexibility index (Phi) is 6.05. The van der Waals surface area contributed by atoms with Crippen LogP contribution in [0.15, 0.2) is 24.5 Å². The Bertz CT molecular complexity index is 651. The van der Waals surface area contributed by atoms with Gasteiger partial charge in [-0.2, -0.15) is 0 Å². The number of nitrogens with zero attached hydrogens (tertiary/aromatic N) is 3. The molecule has 0 radical (unpaired) electrons. The Morgan fingerprint density at radius 1 is 1.50 bits per heavy atom. The third-order valence-electron chi connectivity index (χ3n) is 2.70. The molecular formula is C13H15ClFN5OS. The van der Waals surface area contributed by atoms with Gasteiger partial charge in [0.05, 0.1) is 13.2 Å². The molecule has 0 aliphatic heterocycles. The van der Waals surface area contributed by atoms with Crippen LogP contribution in [0.3, 0.4) is 0 Å². The summed E-state index contributed by atoms with van der Waals surface area (Å²) in [5.74, 6) is -0.00433. The van der Waals surface area contributed by atoms with Crippen molar-refractivity contribution >= 4 is 34.9 Å². The van der Waals surface area contributed by atoms with Gasteiger partial charge in [-0.15, -0.1) is 5.10 Å². The summed E-state index contributed by atoms with van der Waals surface area (Å²) in [6.07, 6.45) is 1.54. The van der Waals surface area contributed by atoms with Crippen LogP contribution < -0.4 is 10.6 Å². The van der Waals surface area contributed by atoms with Crippen LogP contribution in [-0.4, -0.2) is 40.1 Å². The van der Waals surface area contributed by atoms with Crippen molar-refractivity contribution in [3.63, 3.8) is 0 Å². The van der Waals surface area contributed by atoms with Gasteiger partial charge in [0.2, 0.25) is 5.95 Å². The summed E-state index contributed by atoms with van der Waals surface area (Å²) in [5, 5.41) is 10.8. The molecule has 6 nitrogen and oxygen atoms in total. The number of hydrogen-bond acceptors (Lipinski definition) is 4. The third kappa shape index (κ3) is 4.90. The first-order valence-corrected chi connectivity index (χ1v) is 7.24. The highest BCUT2D eigenvalue weighted by Crippen LogP contribution is 2.18. The zero-order valence-corrected chi connectivity index (χ0v) is 13.4. The molecule has 2 rings (SSSR count). The van der Waals surface area contributed by atoms with Gasteiger partial charge in [-0.1, -0.05) is 17.7 Å². The molecule has 1 aromatic carbocycles. The number of nitrogens with one attached hydrogen (secondary N) is 2. The van der Waals surface area contributed by atoms with Crippen molar-refractivity contribution in [2.45, 2.75) is 6.54 Å². The normalized spacial score (nSPS) is 10.5. The van der Waals surface area contributed by atoms with Crippen molar-refractivity contribution in [3.05, 3.63) is 40.9 Å². The highest BCUT2D eigenvalue weighted by molar-refractivity contribution is 7.80. The van der Waals surface area contributed by atoms with E-state index in [2.05, 4.69) is 20.7 Å². The highest BCUT2D eigenvalue weighted by Gasteiger charge is 2.06. The van der Waals surface area contributed by atoms with Crippen LogP contribution in [0.1, 0.15) is 5.56 Å². The lowest BCUT2D eigenvalue weighted by Gasteiger charge is -2.07. The number of anilines is 1. The fraction of sp³-hybridized carbons (Fsp3) is 0.308. The molecule has 0 aliphatic carbocycles. The molecule has 0 saturated heterocycles. The predicted octanol–water partition coefficient (Wildman–Crippen LogP) is 2.05. The summed E-state index contributed by atoms with van der Waals surface area (Å²) < 4.78 is 19.5. The van der Waals surface area contributed by atoms with E-state index < -0.39 is 0 Å². The van der Waals surface area contributed by atoms with Crippen molar-refractivity contribution in [1.82, 2.24) is 20.1 Å². The van der Waals surface area contributed by atoms with Crippen molar-refractivity contribution in [1.29, 1.82) is 0 Å². The molecule has 0 atom stereocenters. The van der Waals surface area contributed by atoms with E-state index in [0.29, 0.717) is 35.8 Å². The van der Waals surface area contributed by atoms with Crippen LogP contribution >= 0.6 is 23.8 Å². The van der Waals surface area contributed by atoms with Gasteiger partial charge in [0, 0.05) is 18.7 Å². The van der Waals surface area contributed by atoms with Gasteiger partial charge >= 0.3 is 0 Å². The van der Waals surface area contributed by atoms with E-state index in [1.54, 1.807) is 24.2 Å². The van der Waals surface area contributed by atoms with Crippen LogP contribution in [0.5, 0.6) is 0 Å². The van der Waals surface area contributed by atoms with E-state index in [-0.39, 0.29) is 5.82 Å². The number of methoxy groups -OCH3 is 1. The molecular weight excluding hydrogens is 329 g/mol. The number of rotatable bonds is 6. The molecule has 22 heavy (non-hydrogen) atoms. The summed E-state index contributed by atoms with van der Waals surface area (Å²) in [4.78, 5) is 4.09. The lowest BCUT2D eigenvalue weighted by Crippen LogP contribution is -2.31. The largest absolute Gasteiger partial charge is 0.383 e. The lowest BCUT2D eigenvalue weighted by molar-refractivity contribution is 0.204. The first kappa shape index (κ1) is 16.6. The second-order valence-corrected chi connectivity index (χ2v) is 5.19. The van der Waals surface area contributed by atoms with Crippen LogP contribution in [0, 0.1) is 5.82 Å². The standard InChI is InChI=1S/C13H15ClFN5OS/c1-21-5-4-16-13(22)18-12-17-8-20(19-12)7-9-2-3-10(15)6-11(9)14/h2-3,6,8H,4-5,7H2,1H3,(H2,16,18,19,22). The molecule has 0 unspecified atom stereocenters. The van der Waals surface area contributed by atoms with E-state index in [4.69, 9.17) is 28.6 Å². The first-order valence-electron chi connectivity index (χ1n) is 6.45. The molecule has 0 fully saturated rings. The highest BCUT2D eigenvalue weighted by atomic mass is 35.5. The van der Waals surface area contributed by atoms with E-state index >= 15 is 0 Å². The minimum Gasteiger partial charge on any atom is -0.383 e. The number of benzene rings is 1. The maximum absolute atomic E-state index is 13.0. The SMILES string of the molecule is COCCNC(=S)Nc1ncn(Cc2ccc(F)cc2Cl)n1. The Labute approximate surface area is 137 Å². The quantitative estimate of drug-likeness (QED) is 0.618. The Morgan fingerprint density at radius 3 is 3.05 bits per heavy atom. The van der Waals surface area contributed by atoms with Crippen molar-refractivity contribution < 1.29 is 9.13 Å². The molecule has 9 heteroatoms. The molecule has 1 aromatic heterocycles. The predicted molar refractivity (Wildman–Crippen MR) is 86.6 cm³/mol. The van der Waals surface area contributed by atoms with Crippen molar-refractivity contribution in [3.8, 4) is 0 Å². The fourth-order valence-electron chi connectivity index (χ4n) is 1.66. The average Bonchev–Trinajstić information content (AvgIpc) is 2.89. The van der Waals surface area contributed by atoms with E-state index in [9.17, 15) is 4.39 Å². The van der Waals surface area contributed by atoms with Gasteiger partial charge in [0.15, 0.2) is 5.11 Å². The molecule has 118 valence electrons. The average molecular weight is 344 g/mol. The summed E-state index contributed by atoms with van der Waals surface area (Å²) in [6.45, 7) is 1.53. The summed E-state index contributed by atoms with van der Waals surface area (Å²) >= 11 is 11.1. The van der Waals surface area contributed by atoms with Gasteiger partial charge in [-0.05, 0) is 29.9 Å². The van der Waals surface area contributed by atoms with Gasteiger partial charge in [0.1, 0.15) is 12.1 Å². The summed E-state index contributed by atoms with van der Waals surface area (Å²) in [6, 6.07) is 4.23. The Hall–Kier alpha value is -1.77. The minimum atomic E-state index is -0.373. The van der Waals surface area contributed by atoms with Gasteiger partial charge in [-0.25, -0.2) is 14.1 Å². The molecule has 1 heterocycles.